The van der Waals surface area contributed by atoms with Crippen LogP contribution in [0.3, 0.4) is 0 Å². The predicted molar refractivity (Wildman–Crippen MR) is 92.5 cm³/mol. The fraction of sp³-hybridized carbons (Fsp3) is 0.263. The Morgan fingerprint density at radius 3 is 2.80 bits per heavy atom. The molecule has 0 unspecified atom stereocenters. The molecule has 1 aromatic carbocycles. The Labute approximate surface area is 145 Å². The van der Waals surface area contributed by atoms with E-state index in [1.807, 2.05) is 35.0 Å². The molecule has 1 aliphatic rings. The van der Waals surface area contributed by atoms with Crippen molar-refractivity contribution in [3.05, 3.63) is 66.1 Å². The summed E-state index contributed by atoms with van der Waals surface area (Å²) >= 11 is 0. The van der Waals surface area contributed by atoms with E-state index in [9.17, 15) is 9.90 Å². The molecule has 3 aromatic rings. The number of carbonyl (C=O) groups is 1. The molecule has 0 bridgehead atoms. The van der Waals surface area contributed by atoms with E-state index in [1.54, 1.807) is 29.2 Å². The van der Waals surface area contributed by atoms with E-state index in [1.165, 1.54) is 0 Å². The van der Waals surface area contributed by atoms with Crippen molar-refractivity contribution in [1.82, 2.24) is 14.3 Å². The number of nitrogens with zero attached hydrogens (tertiary/aromatic N) is 3. The van der Waals surface area contributed by atoms with Gasteiger partial charge < -0.3 is 19.1 Å². The van der Waals surface area contributed by atoms with Crippen LogP contribution >= 0.6 is 0 Å². The van der Waals surface area contributed by atoms with Gasteiger partial charge in [-0.15, -0.1) is 0 Å². The Morgan fingerprint density at radius 2 is 2.08 bits per heavy atom. The van der Waals surface area contributed by atoms with Gasteiger partial charge in [0.05, 0.1) is 11.8 Å². The van der Waals surface area contributed by atoms with Crippen molar-refractivity contribution in [2.24, 2.45) is 0 Å². The van der Waals surface area contributed by atoms with Crippen molar-refractivity contribution in [3.63, 3.8) is 0 Å². The van der Waals surface area contributed by atoms with Crippen LogP contribution in [0.1, 0.15) is 22.5 Å². The van der Waals surface area contributed by atoms with E-state index in [0.29, 0.717) is 37.4 Å². The first-order valence-electron chi connectivity index (χ1n) is 8.32. The topological polar surface area (TPSA) is 67.1 Å². The van der Waals surface area contributed by atoms with Crippen LogP contribution in [0.5, 0.6) is 5.75 Å². The first-order valence-corrected chi connectivity index (χ1v) is 8.32. The molecule has 3 heterocycles. The second-order valence-corrected chi connectivity index (χ2v) is 6.21. The average molecular weight is 337 g/mol. The number of imidazole rings is 1. The standard InChI is InChI=1S/C19H19N3O3/c23-16-8-10-22(12-16)19(24)14-4-6-17(7-5-14)25-13-15-11-21-9-2-1-3-18(21)20-15/h1-7,9,11,16,23H,8,10,12-13H2/t16-/m1/s1. The highest BCUT2D eigenvalue weighted by Gasteiger charge is 2.25. The minimum atomic E-state index is -0.406. The third-order valence-corrected chi connectivity index (χ3v) is 4.35. The number of aliphatic hydroxyl groups is 1. The number of aliphatic hydroxyl groups excluding tert-OH is 1. The van der Waals surface area contributed by atoms with Crippen LogP contribution in [-0.2, 0) is 6.61 Å². The van der Waals surface area contributed by atoms with Gasteiger partial charge in [-0.3, -0.25) is 4.79 Å². The monoisotopic (exact) mass is 337 g/mol. The molecular formula is C19H19N3O3. The number of carbonyl (C=O) groups excluding carboxylic acids is 1. The number of fused-ring (bicyclic) bond motifs is 1. The zero-order chi connectivity index (χ0) is 17.2. The first kappa shape index (κ1) is 15.7. The molecule has 6 nitrogen and oxygen atoms in total. The van der Waals surface area contributed by atoms with Crippen LogP contribution in [0.4, 0.5) is 0 Å². The van der Waals surface area contributed by atoms with Crippen LogP contribution < -0.4 is 4.74 Å². The van der Waals surface area contributed by atoms with Gasteiger partial charge in [0.15, 0.2) is 0 Å². The SMILES string of the molecule is O=C(c1ccc(OCc2cn3ccccc3n2)cc1)N1CC[C@@H](O)C1. The number of ether oxygens (including phenoxy) is 1. The van der Waals surface area contributed by atoms with Crippen LogP contribution in [0.15, 0.2) is 54.9 Å². The lowest BCUT2D eigenvalue weighted by molar-refractivity contribution is 0.0765. The molecule has 6 heteroatoms. The Bertz CT molecular complexity index is 855. The summed E-state index contributed by atoms with van der Waals surface area (Å²) in [7, 11) is 0. The molecule has 1 amide bonds. The number of amides is 1. The average Bonchev–Trinajstić information content (AvgIpc) is 3.25. The normalized spacial score (nSPS) is 17.2. The van der Waals surface area contributed by atoms with E-state index in [-0.39, 0.29) is 5.91 Å². The Morgan fingerprint density at radius 1 is 1.24 bits per heavy atom. The van der Waals surface area contributed by atoms with Crippen molar-refractivity contribution in [3.8, 4) is 5.75 Å². The highest BCUT2D eigenvalue weighted by molar-refractivity contribution is 5.94. The zero-order valence-corrected chi connectivity index (χ0v) is 13.7. The van der Waals surface area contributed by atoms with Gasteiger partial charge in [-0.2, -0.15) is 0 Å². The third kappa shape index (κ3) is 3.34. The second kappa shape index (κ2) is 6.57. The Balaban J connectivity index is 1.39. The summed E-state index contributed by atoms with van der Waals surface area (Å²) in [6.45, 7) is 1.38. The lowest BCUT2D eigenvalue weighted by Crippen LogP contribution is -2.29. The maximum Gasteiger partial charge on any atom is 0.253 e. The zero-order valence-electron chi connectivity index (χ0n) is 13.7. The number of rotatable bonds is 4. The molecule has 1 fully saturated rings. The van der Waals surface area contributed by atoms with Gasteiger partial charge in [-0.05, 0) is 42.8 Å². The van der Waals surface area contributed by atoms with E-state index in [2.05, 4.69) is 4.98 Å². The summed E-state index contributed by atoms with van der Waals surface area (Å²) < 4.78 is 7.71. The molecule has 25 heavy (non-hydrogen) atoms. The third-order valence-electron chi connectivity index (χ3n) is 4.35. The molecule has 2 aromatic heterocycles. The maximum absolute atomic E-state index is 12.3. The molecule has 0 spiro atoms. The molecule has 1 atom stereocenters. The lowest BCUT2D eigenvalue weighted by Gasteiger charge is -2.15. The molecule has 0 saturated carbocycles. The van der Waals surface area contributed by atoms with Gasteiger partial charge in [0.2, 0.25) is 0 Å². The molecule has 4 rings (SSSR count). The number of benzene rings is 1. The van der Waals surface area contributed by atoms with Crippen LogP contribution in [-0.4, -0.2) is 44.5 Å². The number of likely N-dealkylation sites (tertiary alicyclic amines) is 1. The summed E-state index contributed by atoms with van der Waals surface area (Å²) in [5.41, 5.74) is 2.33. The van der Waals surface area contributed by atoms with Crippen molar-refractivity contribution in [2.45, 2.75) is 19.1 Å². The van der Waals surface area contributed by atoms with Crippen LogP contribution in [0.2, 0.25) is 0 Å². The van der Waals surface area contributed by atoms with Gasteiger partial charge in [-0.1, -0.05) is 6.07 Å². The van der Waals surface area contributed by atoms with E-state index in [0.717, 1.165) is 11.3 Å². The van der Waals surface area contributed by atoms with Gasteiger partial charge in [-0.25, -0.2) is 4.98 Å². The minimum Gasteiger partial charge on any atom is -0.487 e. The van der Waals surface area contributed by atoms with E-state index in [4.69, 9.17) is 4.74 Å². The smallest absolute Gasteiger partial charge is 0.253 e. The quantitative estimate of drug-likeness (QED) is 0.792. The molecule has 0 aliphatic carbocycles. The summed E-state index contributed by atoms with van der Waals surface area (Å²) in [6.07, 6.45) is 4.12. The lowest BCUT2D eigenvalue weighted by atomic mass is 10.2. The van der Waals surface area contributed by atoms with Gasteiger partial charge in [0.1, 0.15) is 18.0 Å². The highest BCUT2D eigenvalue weighted by atomic mass is 16.5. The molecule has 0 radical (unpaired) electrons. The minimum absolute atomic E-state index is 0.0524. The fourth-order valence-electron chi connectivity index (χ4n) is 3.02. The first-order chi connectivity index (χ1) is 12.2. The largest absolute Gasteiger partial charge is 0.487 e. The van der Waals surface area contributed by atoms with Crippen molar-refractivity contribution < 1.29 is 14.6 Å². The van der Waals surface area contributed by atoms with Gasteiger partial charge >= 0.3 is 0 Å². The fourth-order valence-corrected chi connectivity index (χ4v) is 3.02. The van der Waals surface area contributed by atoms with Crippen LogP contribution in [0, 0.1) is 0 Å². The summed E-state index contributed by atoms with van der Waals surface area (Å²) in [5, 5.41) is 9.55. The highest BCUT2D eigenvalue weighted by Crippen LogP contribution is 2.18. The molecule has 1 N–H and O–H groups in total. The van der Waals surface area contributed by atoms with Crippen molar-refractivity contribution in [1.29, 1.82) is 0 Å². The van der Waals surface area contributed by atoms with Crippen LogP contribution in [0.25, 0.3) is 5.65 Å². The molecule has 128 valence electrons. The number of hydrogen-bond donors (Lipinski definition) is 1. The molecule has 1 saturated heterocycles. The Kier molecular flexibility index (Phi) is 4.11. The summed E-state index contributed by atoms with van der Waals surface area (Å²) in [6, 6.07) is 12.9. The number of pyridine rings is 1. The van der Waals surface area contributed by atoms with Gasteiger partial charge in [0, 0.05) is 31.0 Å². The van der Waals surface area contributed by atoms with Crippen molar-refractivity contribution >= 4 is 11.6 Å². The maximum atomic E-state index is 12.3. The van der Waals surface area contributed by atoms with Crippen molar-refractivity contribution in [2.75, 3.05) is 13.1 Å². The van der Waals surface area contributed by atoms with E-state index < -0.39 is 6.10 Å². The molecule has 1 aliphatic heterocycles. The summed E-state index contributed by atoms with van der Waals surface area (Å²) in [5.74, 6) is 0.638. The number of aromatic nitrogens is 2. The second-order valence-electron chi connectivity index (χ2n) is 6.21. The predicted octanol–water partition coefficient (Wildman–Crippen LogP) is 2.12. The number of hydrogen-bond acceptors (Lipinski definition) is 4. The molecular weight excluding hydrogens is 318 g/mol. The number of β-amino-alcohol motifs (C(OH)–C–C–N with tert-alkyl or cyclic N) is 1. The van der Waals surface area contributed by atoms with Gasteiger partial charge in [0.25, 0.3) is 5.91 Å². The summed E-state index contributed by atoms with van der Waals surface area (Å²) in [4.78, 5) is 18.5. The Hall–Kier alpha value is -2.86. The van der Waals surface area contributed by atoms with E-state index >= 15 is 0 Å².